The molecular weight excluding hydrogens is 334 g/mol. The lowest BCUT2D eigenvalue weighted by Crippen LogP contribution is -2.20. The van der Waals surface area contributed by atoms with Gasteiger partial charge >= 0.3 is 0 Å². The summed E-state index contributed by atoms with van der Waals surface area (Å²) >= 11 is 0. The SMILES string of the molecule is COCCc1ccnc2c(C(C)NC3CC3)cn(CCCCC3CCC3)c12. The van der Waals surface area contributed by atoms with Gasteiger partial charge in [0.25, 0.3) is 0 Å². The van der Waals surface area contributed by atoms with Crippen LogP contribution in [0.25, 0.3) is 11.0 Å². The molecule has 0 aliphatic heterocycles. The lowest BCUT2D eigenvalue weighted by molar-refractivity contribution is 0.202. The third-order valence-electron chi connectivity index (χ3n) is 6.45. The predicted molar refractivity (Wildman–Crippen MR) is 111 cm³/mol. The van der Waals surface area contributed by atoms with E-state index < -0.39 is 0 Å². The van der Waals surface area contributed by atoms with E-state index in [1.807, 2.05) is 6.20 Å². The summed E-state index contributed by atoms with van der Waals surface area (Å²) in [7, 11) is 1.78. The number of aromatic nitrogens is 2. The summed E-state index contributed by atoms with van der Waals surface area (Å²) in [6, 6.07) is 3.24. The number of nitrogens with zero attached hydrogens (tertiary/aromatic N) is 2. The number of rotatable bonds is 11. The van der Waals surface area contributed by atoms with Crippen LogP contribution < -0.4 is 5.32 Å². The van der Waals surface area contributed by atoms with Crippen molar-refractivity contribution >= 4 is 11.0 Å². The van der Waals surface area contributed by atoms with Crippen LogP contribution in [0.5, 0.6) is 0 Å². The maximum atomic E-state index is 5.35. The largest absolute Gasteiger partial charge is 0.384 e. The molecule has 2 fully saturated rings. The molecule has 1 N–H and O–H groups in total. The fraction of sp³-hybridized carbons (Fsp3) is 0.696. The Morgan fingerprint density at radius 2 is 2.11 bits per heavy atom. The highest BCUT2D eigenvalue weighted by molar-refractivity contribution is 5.83. The number of hydrogen-bond donors (Lipinski definition) is 1. The molecule has 0 aromatic carbocycles. The smallest absolute Gasteiger partial charge is 0.0931 e. The molecule has 0 saturated heterocycles. The zero-order valence-corrected chi connectivity index (χ0v) is 17.0. The lowest BCUT2D eigenvalue weighted by atomic mass is 9.82. The molecule has 27 heavy (non-hydrogen) atoms. The van der Waals surface area contributed by atoms with E-state index in [9.17, 15) is 0 Å². The Morgan fingerprint density at radius 3 is 2.81 bits per heavy atom. The Morgan fingerprint density at radius 1 is 1.26 bits per heavy atom. The normalized spacial score (nSPS) is 18.7. The fourth-order valence-corrected chi connectivity index (χ4v) is 4.42. The van der Waals surface area contributed by atoms with Gasteiger partial charge in [-0.2, -0.15) is 0 Å². The molecule has 0 amide bonds. The number of ether oxygens (including phenoxy) is 1. The van der Waals surface area contributed by atoms with E-state index in [1.54, 1.807) is 7.11 Å². The summed E-state index contributed by atoms with van der Waals surface area (Å²) in [5.41, 5.74) is 5.24. The van der Waals surface area contributed by atoms with Gasteiger partial charge in [-0.25, -0.2) is 0 Å². The Labute approximate surface area is 163 Å². The molecule has 2 aliphatic rings. The second kappa shape index (κ2) is 8.74. The molecule has 2 saturated carbocycles. The van der Waals surface area contributed by atoms with Crippen molar-refractivity contribution in [3.05, 3.63) is 29.6 Å². The third-order valence-corrected chi connectivity index (χ3v) is 6.45. The van der Waals surface area contributed by atoms with Gasteiger partial charge in [-0.05, 0) is 50.2 Å². The van der Waals surface area contributed by atoms with E-state index in [0.29, 0.717) is 12.1 Å². The van der Waals surface area contributed by atoms with E-state index in [4.69, 9.17) is 9.72 Å². The molecule has 4 heteroatoms. The van der Waals surface area contributed by atoms with Crippen LogP contribution in [-0.2, 0) is 17.7 Å². The molecule has 148 valence electrons. The van der Waals surface area contributed by atoms with Crippen molar-refractivity contribution in [2.75, 3.05) is 13.7 Å². The van der Waals surface area contributed by atoms with Gasteiger partial charge in [0.15, 0.2) is 0 Å². The van der Waals surface area contributed by atoms with Crippen molar-refractivity contribution in [2.24, 2.45) is 5.92 Å². The van der Waals surface area contributed by atoms with Gasteiger partial charge < -0.3 is 14.6 Å². The van der Waals surface area contributed by atoms with Crippen LogP contribution in [0.2, 0.25) is 0 Å². The van der Waals surface area contributed by atoms with Crippen LogP contribution in [-0.4, -0.2) is 29.3 Å². The Hall–Kier alpha value is -1.39. The maximum absolute atomic E-state index is 5.35. The monoisotopic (exact) mass is 369 g/mol. The summed E-state index contributed by atoms with van der Waals surface area (Å²) in [6.07, 6.45) is 16.3. The zero-order chi connectivity index (χ0) is 18.6. The van der Waals surface area contributed by atoms with Crippen molar-refractivity contribution < 1.29 is 4.74 Å². The lowest BCUT2D eigenvalue weighted by Gasteiger charge is -2.25. The molecule has 0 spiro atoms. The van der Waals surface area contributed by atoms with Gasteiger partial charge in [0.05, 0.1) is 17.6 Å². The van der Waals surface area contributed by atoms with Gasteiger partial charge in [0, 0.05) is 43.7 Å². The zero-order valence-electron chi connectivity index (χ0n) is 17.0. The van der Waals surface area contributed by atoms with Gasteiger partial charge in [-0.1, -0.05) is 32.1 Å². The number of pyridine rings is 1. The summed E-state index contributed by atoms with van der Waals surface area (Å²) in [5.74, 6) is 1.02. The van der Waals surface area contributed by atoms with Crippen LogP contribution in [0.15, 0.2) is 18.5 Å². The minimum absolute atomic E-state index is 0.362. The summed E-state index contributed by atoms with van der Waals surface area (Å²) < 4.78 is 7.83. The van der Waals surface area contributed by atoms with Crippen LogP contribution in [0.3, 0.4) is 0 Å². The number of aryl methyl sites for hydroxylation is 1. The van der Waals surface area contributed by atoms with Crippen LogP contribution in [0.1, 0.15) is 75.5 Å². The molecule has 0 bridgehead atoms. The predicted octanol–water partition coefficient (Wildman–Crippen LogP) is 5.01. The highest BCUT2D eigenvalue weighted by Gasteiger charge is 2.25. The fourth-order valence-electron chi connectivity index (χ4n) is 4.42. The van der Waals surface area contributed by atoms with Crippen molar-refractivity contribution in [3.63, 3.8) is 0 Å². The van der Waals surface area contributed by atoms with Gasteiger partial charge in [0.2, 0.25) is 0 Å². The first-order chi connectivity index (χ1) is 13.3. The molecule has 1 unspecified atom stereocenters. The number of nitrogens with one attached hydrogen (secondary N) is 1. The number of fused-ring (bicyclic) bond motifs is 1. The van der Waals surface area contributed by atoms with Crippen molar-refractivity contribution in [2.45, 2.75) is 83.3 Å². The van der Waals surface area contributed by atoms with Gasteiger partial charge in [-0.3, -0.25) is 4.98 Å². The first-order valence-electron chi connectivity index (χ1n) is 11.0. The average molecular weight is 370 g/mol. The van der Waals surface area contributed by atoms with E-state index in [-0.39, 0.29) is 0 Å². The van der Waals surface area contributed by atoms with E-state index in [0.717, 1.165) is 25.5 Å². The van der Waals surface area contributed by atoms with Crippen molar-refractivity contribution in [1.29, 1.82) is 0 Å². The van der Waals surface area contributed by atoms with Crippen LogP contribution in [0.4, 0.5) is 0 Å². The Bertz CT molecular complexity index is 745. The van der Waals surface area contributed by atoms with Gasteiger partial charge in [-0.15, -0.1) is 0 Å². The Balaban J connectivity index is 1.54. The van der Waals surface area contributed by atoms with E-state index >= 15 is 0 Å². The molecule has 1 atom stereocenters. The second-order valence-electron chi connectivity index (χ2n) is 8.64. The molecule has 2 aliphatic carbocycles. The molecule has 0 radical (unpaired) electrons. The maximum Gasteiger partial charge on any atom is 0.0931 e. The number of methoxy groups -OCH3 is 1. The molecule has 2 aromatic heterocycles. The molecule has 2 heterocycles. The number of unbranched alkanes of at least 4 members (excludes halogenated alkanes) is 1. The first-order valence-corrected chi connectivity index (χ1v) is 11.0. The summed E-state index contributed by atoms with van der Waals surface area (Å²) in [6.45, 7) is 4.15. The minimum atomic E-state index is 0.362. The van der Waals surface area contributed by atoms with Crippen LogP contribution >= 0.6 is 0 Å². The standard InChI is InChI=1S/C23H35N3O/c1-17(25-20-9-10-20)21-16-26(14-4-3-6-18-7-5-8-18)23-19(12-15-27-2)11-13-24-22(21)23/h11,13,16-18,20,25H,3-10,12,14-15H2,1-2H3. The van der Waals surface area contributed by atoms with E-state index in [1.165, 1.54) is 73.5 Å². The highest BCUT2D eigenvalue weighted by Crippen LogP contribution is 2.32. The first kappa shape index (κ1) is 18.9. The number of hydrogen-bond acceptors (Lipinski definition) is 3. The Kier molecular flexibility index (Phi) is 6.14. The topological polar surface area (TPSA) is 39.1 Å². The summed E-state index contributed by atoms with van der Waals surface area (Å²) in [5, 5.41) is 3.76. The highest BCUT2D eigenvalue weighted by atomic mass is 16.5. The van der Waals surface area contributed by atoms with Gasteiger partial charge in [0.1, 0.15) is 0 Å². The quantitative estimate of drug-likeness (QED) is 0.566. The second-order valence-corrected chi connectivity index (χ2v) is 8.64. The van der Waals surface area contributed by atoms with E-state index in [2.05, 4.69) is 29.1 Å². The van der Waals surface area contributed by atoms with Crippen LogP contribution in [0, 0.1) is 5.92 Å². The molecular formula is C23H35N3O. The molecule has 2 aromatic rings. The molecule has 4 nitrogen and oxygen atoms in total. The molecule has 4 rings (SSSR count). The average Bonchev–Trinajstić information content (AvgIpc) is 3.36. The van der Waals surface area contributed by atoms with Crippen molar-refractivity contribution in [1.82, 2.24) is 14.9 Å². The minimum Gasteiger partial charge on any atom is -0.384 e. The third kappa shape index (κ3) is 4.55. The van der Waals surface area contributed by atoms with Crippen molar-refractivity contribution in [3.8, 4) is 0 Å². The summed E-state index contributed by atoms with van der Waals surface area (Å²) in [4.78, 5) is 4.80.